The molecule has 7 heteroatoms. The molecule has 0 saturated carbocycles. The highest BCUT2D eigenvalue weighted by Gasteiger charge is 2.31. The topological polar surface area (TPSA) is 93.4 Å². The Morgan fingerprint density at radius 1 is 1.61 bits per heavy atom. The summed E-state index contributed by atoms with van der Waals surface area (Å²) in [6, 6.07) is 0.0776. The Kier molecular flexibility index (Phi) is 3.73. The van der Waals surface area contributed by atoms with Gasteiger partial charge in [-0.15, -0.1) is 0 Å². The van der Waals surface area contributed by atoms with Crippen molar-refractivity contribution in [2.24, 2.45) is 5.84 Å². The van der Waals surface area contributed by atoms with E-state index in [4.69, 9.17) is 10.6 Å². The summed E-state index contributed by atoms with van der Waals surface area (Å²) in [4.78, 5) is 21.9. The number of rotatable bonds is 3. The summed E-state index contributed by atoms with van der Waals surface area (Å²) < 4.78 is 5.46. The van der Waals surface area contributed by atoms with E-state index in [1.807, 2.05) is 6.92 Å². The van der Waals surface area contributed by atoms with Crippen LogP contribution in [0, 0.1) is 0 Å². The van der Waals surface area contributed by atoms with Gasteiger partial charge in [0, 0.05) is 13.7 Å². The van der Waals surface area contributed by atoms with Gasteiger partial charge >= 0.3 is 0 Å². The molecular weight excluding hydrogens is 234 g/mol. The van der Waals surface area contributed by atoms with Crippen molar-refractivity contribution in [1.82, 2.24) is 14.9 Å². The number of nitrogens with two attached hydrogens (primary N) is 1. The highest BCUT2D eigenvalue weighted by molar-refractivity contribution is 5.92. The summed E-state index contributed by atoms with van der Waals surface area (Å²) in [5, 5.41) is 0. The zero-order valence-electron chi connectivity index (χ0n) is 10.5. The number of hydrogen-bond acceptors (Lipinski definition) is 6. The molecule has 0 bridgehead atoms. The maximum atomic E-state index is 12.2. The third-order valence-corrected chi connectivity index (χ3v) is 3.16. The molecule has 2 unspecified atom stereocenters. The van der Waals surface area contributed by atoms with Crippen LogP contribution in [0.4, 0.5) is 5.82 Å². The fraction of sp³-hybridized carbons (Fsp3) is 0.545. The minimum atomic E-state index is -0.179. The molecule has 98 valence electrons. The van der Waals surface area contributed by atoms with E-state index in [0.717, 1.165) is 6.42 Å². The fourth-order valence-electron chi connectivity index (χ4n) is 2.10. The second kappa shape index (κ2) is 5.28. The number of amides is 1. The van der Waals surface area contributed by atoms with Gasteiger partial charge in [0.25, 0.3) is 5.91 Å². The number of hydrazine groups is 1. The number of carbonyl (C=O) groups is 1. The summed E-state index contributed by atoms with van der Waals surface area (Å²) in [5.41, 5.74) is 2.64. The molecule has 1 aliphatic heterocycles. The quantitative estimate of drug-likeness (QED) is 0.580. The van der Waals surface area contributed by atoms with Crippen molar-refractivity contribution in [3.63, 3.8) is 0 Å². The Morgan fingerprint density at radius 3 is 3.00 bits per heavy atom. The number of anilines is 1. The van der Waals surface area contributed by atoms with Crippen molar-refractivity contribution < 1.29 is 9.53 Å². The normalized spacial score (nSPS) is 22.8. The Morgan fingerprint density at radius 2 is 2.39 bits per heavy atom. The van der Waals surface area contributed by atoms with E-state index < -0.39 is 0 Å². The van der Waals surface area contributed by atoms with Gasteiger partial charge in [0.05, 0.1) is 24.5 Å². The first-order chi connectivity index (χ1) is 8.63. The van der Waals surface area contributed by atoms with Crippen LogP contribution in [0.5, 0.6) is 0 Å². The van der Waals surface area contributed by atoms with Crippen molar-refractivity contribution in [2.75, 3.05) is 19.1 Å². The number of hydrogen-bond donors (Lipinski definition) is 2. The lowest BCUT2D eigenvalue weighted by atomic mass is 10.1. The number of nitrogens with zero attached hydrogens (tertiary/aromatic N) is 3. The Hall–Kier alpha value is -1.73. The number of carbonyl (C=O) groups excluding carboxylic acids is 1. The fourth-order valence-corrected chi connectivity index (χ4v) is 2.10. The van der Waals surface area contributed by atoms with E-state index in [0.29, 0.717) is 12.4 Å². The lowest BCUT2D eigenvalue weighted by molar-refractivity contribution is 0.0569. The Balaban J connectivity index is 2.14. The third kappa shape index (κ3) is 2.41. The molecule has 2 rings (SSSR count). The van der Waals surface area contributed by atoms with E-state index in [9.17, 15) is 4.79 Å². The minimum Gasteiger partial charge on any atom is -0.376 e. The molecular formula is C11H17N5O2. The van der Waals surface area contributed by atoms with Gasteiger partial charge < -0.3 is 15.1 Å². The van der Waals surface area contributed by atoms with Crippen molar-refractivity contribution in [3.05, 3.63) is 18.1 Å². The van der Waals surface area contributed by atoms with Gasteiger partial charge in [-0.25, -0.2) is 10.8 Å². The Labute approximate surface area is 105 Å². The average molecular weight is 251 g/mol. The molecule has 2 heterocycles. The van der Waals surface area contributed by atoms with E-state index in [1.54, 1.807) is 11.9 Å². The van der Waals surface area contributed by atoms with Gasteiger partial charge in [-0.05, 0) is 13.3 Å². The number of nitrogens with one attached hydrogen (secondary N) is 1. The zero-order valence-corrected chi connectivity index (χ0v) is 10.5. The predicted octanol–water partition coefficient (Wildman–Crippen LogP) is 0.0116. The van der Waals surface area contributed by atoms with Crippen LogP contribution in [-0.4, -0.2) is 46.6 Å². The van der Waals surface area contributed by atoms with Gasteiger partial charge in [0.15, 0.2) is 5.82 Å². The zero-order chi connectivity index (χ0) is 13.1. The first kappa shape index (κ1) is 12.7. The maximum absolute atomic E-state index is 12.2. The molecule has 0 aromatic carbocycles. The molecule has 0 spiro atoms. The lowest BCUT2D eigenvalue weighted by Gasteiger charge is -2.26. The van der Waals surface area contributed by atoms with E-state index in [2.05, 4.69) is 15.4 Å². The SMILES string of the molecule is CC1OCCC1N(C)C(=O)c1cncc(NN)n1. The number of ether oxygens (including phenoxy) is 1. The average Bonchev–Trinajstić information content (AvgIpc) is 2.83. The summed E-state index contributed by atoms with van der Waals surface area (Å²) in [5.74, 6) is 5.43. The lowest BCUT2D eigenvalue weighted by Crippen LogP contribution is -2.41. The molecule has 0 radical (unpaired) electrons. The third-order valence-electron chi connectivity index (χ3n) is 3.16. The molecule has 1 aliphatic rings. The van der Waals surface area contributed by atoms with Crippen molar-refractivity contribution in [2.45, 2.75) is 25.5 Å². The van der Waals surface area contributed by atoms with Crippen molar-refractivity contribution >= 4 is 11.7 Å². The van der Waals surface area contributed by atoms with Crippen molar-refractivity contribution in [1.29, 1.82) is 0 Å². The highest BCUT2D eigenvalue weighted by atomic mass is 16.5. The van der Waals surface area contributed by atoms with Crippen molar-refractivity contribution in [3.8, 4) is 0 Å². The number of likely N-dealkylation sites (N-methyl/N-ethyl adjacent to an activating group) is 1. The smallest absolute Gasteiger partial charge is 0.274 e. The van der Waals surface area contributed by atoms with Crippen LogP contribution in [0.25, 0.3) is 0 Å². The van der Waals surface area contributed by atoms with Gasteiger partial charge in [-0.1, -0.05) is 0 Å². The van der Waals surface area contributed by atoms with Gasteiger partial charge in [0.1, 0.15) is 5.69 Å². The number of aromatic nitrogens is 2. The molecule has 1 aromatic heterocycles. The summed E-state index contributed by atoms with van der Waals surface area (Å²) in [6.45, 7) is 2.64. The van der Waals surface area contributed by atoms with Crippen LogP contribution in [-0.2, 0) is 4.74 Å². The van der Waals surface area contributed by atoms with Gasteiger partial charge in [-0.2, -0.15) is 0 Å². The minimum absolute atomic E-state index is 0.0442. The van der Waals surface area contributed by atoms with Crippen LogP contribution in [0.2, 0.25) is 0 Å². The molecule has 1 saturated heterocycles. The largest absolute Gasteiger partial charge is 0.376 e. The molecule has 3 N–H and O–H groups in total. The summed E-state index contributed by atoms with van der Waals surface area (Å²) in [6.07, 6.45) is 3.77. The van der Waals surface area contributed by atoms with Gasteiger partial charge in [-0.3, -0.25) is 9.78 Å². The molecule has 1 amide bonds. The maximum Gasteiger partial charge on any atom is 0.274 e. The monoisotopic (exact) mass is 251 g/mol. The standard InChI is InChI=1S/C11H17N5O2/c1-7-9(3-4-18-7)16(2)11(17)8-5-13-6-10(14-8)15-12/h5-7,9H,3-4,12H2,1-2H3,(H,14,15). The first-order valence-electron chi connectivity index (χ1n) is 5.81. The Bertz CT molecular complexity index is 439. The summed E-state index contributed by atoms with van der Waals surface area (Å²) in [7, 11) is 1.75. The predicted molar refractivity (Wildman–Crippen MR) is 65.8 cm³/mol. The second-order valence-corrected chi connectivity index (χ2v) is 4.28. The van der Waals surface area contributed by atoms with Gasteiger partial charge in [0.2, 0.25) is 0 Å². The van der Waals surface area contributed by atoms with Crippen LogP contribution in [0.15, 0.2) is 12.4 Å². The molecule has 18 heavy (non-hydrogen) atoms. The van der Waals surface area contributed by atoms with Crippen LogP contribution in [0.3, 0.4) is 0 Å². The molecule has 7 nitrogen and oxygen atoms in total. The molecule has 2 atom stereocenters. The van der Waals surface area contributed by atoms with Crippen LogP contribution in [0.1, 0.15) is 23.8 Å². The molecule has 0 aliphatic carbocycles. The van der Waals surface area contributed by atoms with E-state index in [1.165, 1.54) is 12.4 Å². The number of nitrogen functional groups attached to an aromatic ring is 1. The van der Waals surface area contributed by atoms with E-state index in [-0.39, 0.29) is 23.7 Å². The highest BCUT2D eigenvalue weighted by Crippen LogP contribution is 2.19. The molecule has 1 fully saturated rings. The van der Waals surface area contributed by atoms with E-state index >= 15 is 0 Å². The second-order valence-electron chi connectivity index (χ2n) is 4.28. The van der Waals surface area contributed by atoms with Crippen LogP contribution < -0.4 is 11.3 Å². The van der Waals surface area contributed by atoms with Crippen LogP contribution >= 0.6 is 0 Å². The first-order valence-corrected chi connectivity index (χ1v) is 5.81. The summed E-state index contributed by atoms with van der Waals surface area (Å²) >= 11 is 0. The molecule has 1 aromatic rings.